The second-order valence-corrected chi connectivity index (χ2v) is 5.35. The molecule has 0 saturated carbocycles. The Kier molecular flexibility index (Phi) is 9.43. The molecule has 0 atom stereocenters. The number of carbonyl (C=O) groups is 1. The lowest BCUT2D eigenvalue weighted by atomic mass is 10.3. The van der Waals surface area contributed by atoms with Crippen LogP contribution in [0, 0.1) is 0 Å². The maximum absolute atomic E-state index is 12.1. The van der Waals surface area contributed by atoms with Crippen molar-refractivity contribution >= 4 is 35.8 Å². The molecule has 7 nitrogen and oxygen atoms in total. The topological polar surface area (TPSA) is 78.9 Å². The predicted molar refractivity (Wildman–Crippen MR) is 105 cm³/mol. The summed E-state index contributed by atoms with van der Waals surface area (Å²) in [5, 5.41) is 6.24. The molecule has 1 fully saturated rings. The average molecular weight is 447 g/mol. The second kappa shape index (κ2) is 11.1. The van der Waals surface area contributed by atoms with Crippen LogP contribution in [-0.2, 0) is 11.3 Å². The molecule has 0 bridgehead atoms. The van der Waals surface area contributed by atoms with Gasteiger partial charge in [-0.05, 0) is 25.3 Å². The van der Waals surface area contributed by atoms with Gasteiger partial charge < -0.3 is 20.3 Å². The van der Waals surface area contributed by atoms with Crippen LogP contribution < -0.4 is 15.4 Å². The van der Waals surface area contributed by atoms with Crippen molar-refractivity contribution in [2.45, 2.75) is 26.3 Å². The van der Waals surface area contributed by atoms with E-state index in [-0.39, 0.29) is 36.4 Å². The van der Waals surface area contributed by atoms with Crippen molar-refractivity contribution in [2.75, 3.05) is 33.3 Å². The fourth-order valence-corrected chi connectivity index (χ4v) is 2.37. The van der Waals surface area contributed by atoms with Gasteiger partial charge in [-0.25, -0.2) is 9.98 Å². The van der Waals surface area contributed by atoms with Gasteiger partial charge in [0.05, 0.1) is 20.2 Å². The number of nitrogens with one attached hydrogen (secondary N) is 2. The molecule has 134 valence electrons. The molecule has 1 aromatic rings. The standard InChI is InChI=1S/C16H25N5O2.HI/c1-3-17-16(20-12-15(22)21-8-4-5-9-21)19-11-13-6-7-14(23-2)18-10-13;/h6-7,10H,3-5,8-9,11-12H2,1-2H3,(H2,17,19,20);1H. The number of aliphatic imine (C=N–C) groups is 1. The van der Waals surface area contributed by atoms with Crippen LogP contribution in [0.3, 0.4) is 0 Å². The van der Waals surface area contributed by atoms with Crippen LogP contribution in [0.15, 0.2) is 23.3 Å². The van der Waals surface area contributed by atoms with E-state index in [9.17, 15) is 4.79 Å². The van der Waals surface area contributed by atoms with Gasteiger partial charge in [-0.3, -0.25) is 4.79 Å². The Morgan fingerprint density at radius 1 is 1.33 bits per heavy atom. The molecular formula is C16H26IN5O2. The molecule has 0 unspecified atom stereocenters. The van der Waals surface area contributed by atoms with Crippen LogP contribution in [-0.4, -0.2) is 55.0 Å². The first kappa shape index (κ1) is 20.5. The van der Waals surface area contributed by atoms with Gasteiger partial charge in [0.25, 0.3) is 0 Å². The number of rotatable bonds is 6. The number of nitrogens with zero attached hydrogens (tertiary/aromatic N) is 3. The Morgan fingerprint density at radius 2 is 2.08 bits per heavy atom. The number of guanidine groups is 1. The molecule has 1 amide bonds. The number of amides is 1. The molecule has 0 spiro atoms. The third-order valence-electron chi connectivity index (χ3n) is 3.64. The fraction of sp³-hybridized carbons (Fsp3) is 0.562. The van der Waals surface area contributed by atoms with Gasteiger partial charge in [0.2, 0.25) is 11.8 Å². The molecular weight excluding hydrogens is 421 g/mol. The molecule has 0 aromatic carbocycles. The van der Waals surface area contributed by atoms with Crippen LogP contribution in [0.1, 0.15) is 25.3 Å². The highest BCUT2D eigenvalue weighted by Crippen LogP contribution is 2.08. The SMILES string of the molecule is CCNC(=NCc1ccc(OC)nc1)NCC(=O)N1CCCC1.I. The third kappa shape index (κ3) is 6.50. The summed E-state index contributed by atoms with van der Waals surface area (Å²) in [6.07, 6.45) is 3.94. The summed E-state index contributed by atoms with van der Waals surface area (Å²) >= 11 is 0. The molecule has 8 heteroatoms. The maximum atomic E-state index is 12.1. The third-order valence-corrected chi connectivity index (χ3v) is 3.64. The lowest BCUT2D eigenvalue weighted by Gasteiger charge is -2.17. The Hall–Kier alpha value is -1.58. The Balaban J connectivity index is 0.00000288. The van der Waals surface area contributed by atoms with Gasteiger partial charge in [-0.2, -0.15) is 0 Å². The zero-order valence-corrected chi connectivity index (χ0v) is 16.6. The van der Waals surface area contributed by atoms with Crippen molar-refractivity contribution in [1.82, 2.24) is 20.5 Å². The lowest BCUT2D eigenvalue weighted by Crippen LogP contribution is -2.44. The van der Waals surface area contributed by atoms with Gasteiger partial charge in [-0.15, -0.1) is 24.0 Å². The number of aromatic nitrogens is 1. The summed E-state index contributed by atoms with van der Waals surface area (Å²) in [5.74, 6) is 1.34. The van der Waals surface area contributed by atoms with Crippen molar-refractivity contribution in [2.24, 2.45) is 4.99 Å². The molecule has 2 rings (SSSR count). The van der Waals surface area contributed by atoms with Crippen LogP contribution in [0.2, 0.25) is 0 Å². The van der Waals surface area contributed by atoms with Gasteiger partial charge in [0.1, 0.15) is 0 Å². The zero-order chi connectivity index (χ0) is 16.5. The molecule has 1 aliphatic heterocycles. The van der Waals surface area contributed by atoms with Crippen molar-refractivity contribution in [3.63, 3.8) is 0 Å². The number of hydrogen-bond donors (Lipinski definition) is 2. The maximum Gasteiger partial charge on any atom is 0.241 e. The summed E-state index contributed by atoms with van der Waals surface area (Å²) in [6, 6.07) is 3.73. The predicted octanol–water partition coefficient (Wildman–Crippen LogP) is 1.39. The van der Waals surface area contributed by atoms with Gasteiger partial charge in [0, 0.05) is 31.9 Å². The van der Waals surface area contributed by atoms with E-state index in [1.54, 1.807) is 13.3 Å². The van der Waals surface area contributed by atoms with Crippen molar-refractivity contribution in [3.05, 3.63) is 23.9 Å². The van der Waals surface area contributed by atoms with Crippen LogP contribution in [0.4, 0.5) is 0 Å². The smallest absolute Gasteiger partial charge is 0.241 e. The van der Waals surface area contributed by atoms with Gasteiger partial charge >= 0.3 is 0 Å². The number of likely N-dealkylation sites (tertiary alicyclic amines) is 1. The molecule has 1 aromatic heterocycles. The van der Waals surface area contributed by atoms with Crippen LogP contribution in [0.5, 0.6) is 5.88 Å². The highest BCUT2D eigenvalue weighted by atomic mass is 127. The number of hydrogen-bond acceptors (Lipinski definition) is 4. The second-order valence-electron chi connectivity index (χ2n) is 5.35. The summed E-state index contributed by atoms with van der Waals surface area (Å²) in [4.78, 5) is 22.6. The van der Waals surface area contributed by atoms with E-state index in [0.29, 0.717) is 18.4 Å². The molecule has 24 heavy (non-hydrogen) atoms. The largest absolute Gasteiger partial charge is 0.481 e. The van der Waals surface area contributed by atoms with E-state index < -0.39 is 0 Å². The minimum atomic E-state index is 0. The van der Waals surface area contributed by atoms with E-state index in [4.69, 9.17) is 4.74 Å². The summed E-state index contributed by atoms with van der Waals surface area (Å²) < 4.78 is 5.03. The molecule has 0 radical (unpaired) electrons. The fourth-order valence-electron chi connectivity index (χ4n) is 2.37. The van der Waals surface area contributed by atoms with Gasteiger partial charge in [-0.1, -0.05) is 6.07 Å². The highest BCUT2D eigenvalue weighted by molar-refractivity contribution is 14.0. The van der Waals surface area contributed by atoms with E-state index in [2.05, 4.69) is 20.6 Å². The first-order chi connectivity index (χ1) is 11.2. The van der Waals surface area contributed by atoms with Crippen molar-refractivity contribution in [3.8, 4) is 5.88 Å². The Bertz CT molecular complexity index is 530. The monoisotopic (exact) mass is 447 g/mol. The first-order valence-corrected chi connectivity index (χ1v) is 8.01. The number of methoxy groups -OCH3 is 1. The van der Waals surface area contributed by atoms with Crippen molar-refractivity contribution in [1.29, 1.82) is 0 Å². The minimum absolute atomic E-state index is 0. The Morgan fingerprint density at radius 3 is 2.67 bits per heavy atom. The zero-order valence-electron chi connectivity index (χ0n) is 14.2. The molecule has 0 aliphatic carbocycles. The Labute approximate surface area is 160 Å². The van der Waals surface area contributed by atoms with Gasteiger partial charge in [0.15, 0.2) is 5.96 Å². The van der Waals surface area contributed by atoms with E-state index in [1.165, 1.54) is 0 Å². The number of pyridine rings is 1. The van der Waals surface area contributed by atoms with E-state index >= 15 is 0 Å². The number of ether oxygens (including phenoxy) is 1. The molecule has 2 N–H and O–H groups in total. The summed E-state index contributed by atoms with van der Waals surface area (Å²) in [6.45, 7) is 5.23. The van der Waals surface area contributed by atoms with Crippen molar-refractivity contribution < 1.29 is 9.53 Å². The lowest BCUT2D eigenvalue weighted by molar-refractivity contribution is -0.128. The molecule has 1 saturated heterocycles. The molecule has 2 heterocycles. The average Bonchev–Trinajstić information content (AvgIpc) is 3.12. The molecule has 1 aliphatic rings. The number of carbonyl (C=O) groups excluding carboxylic acids is 1. The van der Waals surface area contributed by atoms with Crippen LogP contribution in [0.25, 0.3) is 0 Å². The normalized spacial score (nSPS) is 14.1. The summed E-state index contributed by atoms with van der Waals surface area (Å²) in [7, 11) is 1.59. The number of halogens is 1. The highest BCUT2D eigenvalue weighted by Gasteiger charge is 2.17. The first-order valence-electron chi connectivity index (χ1n) is 8.01. The minimum Gasteiger partial charge on any atom is -0.481 e. The van der Waals surface area contributed by atoms with E-state index in [1.807, 2.05) is 24.0 Å². The van der Waals surface area contributed by atoms with E-state index in [0.717, 1.165) is 38.0 Å². The van der Waals surface area contributed by atoms with Crippen LogP contribution >= 0.6 is 24.0 Å². The quantitative estimate of drug-likeness (QED) is 0.392. The summed E-state index contributed by atoms with van der Waals surface area (Å²) in [5.41, 5.74) is 0.980.